The van der Waals surface area contributed by atoms with Crippen molar-refractivity contribution in [3.63, 3.8) is 0 Å². The van der Waals surface area contributed by atoms with Crippen LogP contribution in [0, 0.1) is 0 Å². The van der Waals surface area contributed by atoms with Crippen LogP contribution in [0.15, 0.2) is 58.7 Å². The number of amides is 2. The van der Waals surface area contributed by atoms with Gasteiger partial charge >= 0.3 is 0 Å². The molecule has 4 aromatic rings. The number of carbonyl (C=O) groups is 2. The Balaban J connectivity index is 1.31. The van der Waals surface area contributed by atoms with E-state index in [0.29, 0.717) is 23.3 Å². The average Bonchev–Trinajstić information content (AvgIpc) is 3.48. The summed E-state index contributed by atoms with van der Waals surface area (Å²) in [5.74, 6) is 0.578. The molecule has 0 bridgehead atoms. The smallest absolute Gasteiger partial charge is 0.227 e. The highest BCUT2D eigenvalue weighted by Gasteiger charge is 2.13. The molecule has 0 aliphatic heterocycles. The third-order valence-corrected chi connectivity index (χ3v) is 5.59. The lowest BCUT2D eigenvalue weighted by Crippen LogP contribution is -2.23. The third-order valence-electron chi connectivity index (χ3n) is 4.83. The lowest BCUT2D eigenvalue weighted by molar-refractivity contribution is -0.119. The molecule has 1 unspecified atom stereocenters. The number of hydrogen-bond donors (Lipinski definition) is 2. The Morgan fingerprint density at radius 3 is 2.67 bits per heavy atom. The first kappa shape index (κ1) is 22.3. The van der Waals surface area contributed by atoms with E-state index in [2.05, 4.69) is 30.7 Å². The zero-order chi connectivity index (χ0) is 23.2. The number of pyridine rings is 1. The number of aryl methyl sites for hydroxylation is 1. The monoisotopic (exact) mass is 462 g/mol. The van der Waals surface area contributed by atoms with Crippen LogP contribution in [0.2, 0.25) is 0 Å². The first-order valence-corrected chi connectivity index (χ1v) is 11.2. The minimum Gasteiger partial charge on any atom is -0.350 e. The molecule has 10 heteroatoms. The molecular weight excluding hydrogens is 440 g/mol. The van der Waals surface area contributed by atoms with Crippen LogP contribution in [-0.4, -0.2) is 31.9 Å². The Morgan fingerprint density at radius 1 is 1.12 bits per heavy atom. The summed E-state index contributed by atoms with van der Waals surface area (Å²) in [5.41, 5.74) is 3.46. The summed E-state index contributed by atoms with van der Waals surface area (Å²) in [6.07, 6.45) is 3.84. The second-order valence-electron chi connectivity index (χ2n) is 7.38. The van der Waals surface area contributed by atoms with Crippen molar-refractivity contribution in [3.05, 3.63) is 65.6 Å². The Labute approximate surface area is 194 Å². The van der Waals surface area contributed by atoms with Gasteiger partial charge in [-0.25, -0.2) is 4.98 Å². The largest absolute Gasteiger partial charge is 0.350 e. The van der Waals surface area contributed by atoms with E-state index in [1.54, 1.807) is 18.5 Å². The topological polar surface area (TPSA) is 123 Å². The number of anilines is 1. The highest BCUT2D eigenvalue weighted by molar-refractivity contribution is 7.14. The number of benzene rings is 1. The van der Waals surface area contributed by atoms with Crippen LogP contribution in [0.1, 0.15) is 37.8 Å². The van der Waals surface area contributed by atoms with Gasteiger partial charge in [0.05, 0.1) is 11.7 Å². The molecule has 0 aliphatic rings. The van der Waals surface area contributed by atoms with Gasteiger partial charge in [0.25, 0.3) is 0 Å². The standard InChI is InChI=1S/C23H22N6O3S/c1-14(25-15(2)30)16-5-7-17(8-6-16)19-13-33-23(26-19)27-20(31)9-10-21-28-22(29-32-21)18-4-3-11-24-12-18/h3-8,11-14H,9-10H2,1-2H3,(H,25,30)(H,26,27,31). The summed E-state index contributed by atoms with van der Waals surface area (Å²) in [5, 5.41) is 12.0. The summed E-state index contributed by atoms with van der Waals surface area (Å²) in [7, 11) is 0. The molecule has 4 rings (SSSR count). The minimum absolute atomic E-state index is 0.0684. The van der Waals surface area contributed by atoms with Crippen molar-refractivity contribution in [2.75, 3.05) is 5.32 Å². The van der Waals surface area contributed by atoms with Gasteiger partial charge in [-0.1, -0.05) is 29.4 Å². The first-order chi connectivity index (χ1) is 16.0. The van der Waals surface area contributed by atoms with Crippen LogP contribution in [-0.2, 0) is 16.0 Å². The van der Waals surface area contributed by atoms with Crippen molar-refractivity contribution in [2.45, 2.75) is 32.7 Å². The molecule has 0 fully saturated rings. The van der Waals surface area contributed by atoms with E-state index in [4.69, 9.17) is 4.52 Å². The van der Waals surface area contributed by atoms with E-state index in [1.165, 1.54) is 18.3 Å². The predicted molar refractivity (Wildman–Crippen MR) is 124 cm³/mol. The average molecular weight is 463 g/mol. The van der Waals surface area contributed by atoms with Crippen molar-refractivity contribution in [2.24, 2.45) is 0 Å². The number of hydrogen-bond acceptors (Lipinski definition) is 8. The van der Waals surface area contributed by atoms with E-state index >= 15 is 0 Å². The fourth-order valence-electron chi connectivity index (χ4n) is 3.17. The van der Waals surface area contributed by atoms with E-state index in [9.17, 15) is 9.59 Å². The van der Waals surface area contributed by atoms with Gasteiger partial charge in [-0.3, -0.25) is 14.6 Å². The number of carbonyl (C=O) groups excluding carboxylic acids is 2. The molecule has 168 valence electrons. The Bertz CT molecular complexity index is 1240. The molecular formula is C23H22N6O3S. The molecule has 0 saturated carbocycles. The van der Waals surface area contributed by atoms with E-state index in [1.807, 2.05) is 42.6 Å². The van der Waals surface area contributed by atoms with Crippen molar-refractivity contribution >= 4 is 28.3 Å². The molecule has 1 atom stereocenters. The van der Waals surface area contributed by atoms with Gasteiger partial charge in [0, 0.05) is 48.7 Å². The van der Waals surface area contributed by atoms with Gasteiger partial charge < -0.3 is 15.2 Å². The SMILES string of the molecule is CC(=O)NC(C)c1ccc(-c2csc(NC(=O)CCc3nc(-c4cccnc4)no3)n2)cc1. The van der Waals surface area contributed by atoms with Gasteiger partial charge in [-0.05, 0) is 24.6 Å². The fourth-order valence-corrected chi connectivity index (χ4v) is 3.90. The molecule has 2 N–H and O–H groups in total. The second kappa shape index (κ2) is 10.1. The number of nitrogens with zero attached hydrogens (tertiary/aromatic N) is 4. The molecule has 1 aromatic carbocycles. The van der Waals surface area contributed by atoms with E-state index in [-0.39, 0.29) is 24.3 Å². The molecule has 33 heavy (non-hydrogen) atoms. The Kier molecular flexibility index (Phi) is 6.84. The van der Waals surface area contributed by atoms with Crippen LogP contribution in [0.3, 0.4) is 0 Å². The lowest BCUT2D eigenvalue weighted by Gasteiger charge is -2.12. The summed E-state index contributed by atoms with van der Waals surface area (Å²) in [6, 6.07) is 11.4. The van der Waals surface area contributed by atoms with Crippen molar-refractivity contribution < 1.29 is 14.1 Å². The minimum atomic E-state index is -0.184. The lowest BCUT2D eigenvalue weighted by atomic mass is 10.1. The fraction of sp³-hybridized carbons (Fsp3) is 0.217. The maximum absolute atomic E-state index is 12.3. The van der Waals surface area contributed by atoms with Crippen LogP contribution < -0.4 is 10.6 Å². The van der Waals surface area contributed by atoms with Crippen LogP contribution >= 0.6 is 11.3 Å². The second-order valence-corrected chi connectivity index (χ2v) is 8.24. The molecule has 9 nitrogen and oxygen atoms in total. The number of thiazole rings is 1. The Hall–Kier alpha value is -3.92. The van der Waals surface area contributed by atoms with Gasteiger partial charge in [0.1, 0.15) is 0 Å². The quantitative estimate of drug-likeness (QED) is 0.405. The van der Waals surface area contributed by atoms with Crippen LogP contribution in [0.5, 0.6) is 0 Å². The summed E-state index contributed by atoms with van der Waals surface area (Å²) >= 11 is 1.36. The van der Waals surface area contributed by atoms with Gasteiger partial charge in [-0.15, -0.1) is 11.3 Å². The van der Waals surface area contributed by atoms with Crippen molar-refractivity contribution in [3.8, 4) is 22.6 Å². The summed E-state index contributed by atoms with van der Waals surface area (Å²) in [4.78, 5) is 36.4. The van der Waals surface area contributed by atoms with Gasteiger partial charge in [0.15, 0.2) is 5.13 Å². The van der Waals surface area contributed by atoms with Crippen molar-refractivity contribution in [1.82, 2.24) is 25.4 Å². The van der Waals surface area contributed by atoms with Gasteiger partial charge in [0.2, 0.25) is 23.5 Å². The zero-order valence-corrected chi connectivity index (χ0v) is 18.9. The molecule has 0 saturated heterocycles. The molecule has 0 radical (unpaired) electrons. The number of aromatic nitrogens is 4. The molecule has 0 spiro atoms. The first-order valence-electron chi connectivity index (χ1n) is 10.3. The van der Waals surface area contributed by atoms with Crippen LogP contribution in [0.4, 0.5) is 5.13 Å². The normalized spacial score (nSPS) is 11.7. The molecule has 2 amide bonds. The maximum Gasteiger partial charge on any atom is 0.227 e. The van der Waals surface area contributed by atoms with Gasteiger partial charge in [-0.2, -0.15) is 4.98 Å². The van der Waals surface area contributed by atoms with E-state index in [0.717, 1.165) is 22.4 Å². The third kappa shape index (κ3) is 5.86. The summed E-state index contributed by atoms with van der Waals surface area (Å²) < 4.78 is 5.22. The molecule has 0 aliphatic carbocycles. The molecule has 3 heterocycles. The summed E-state index contributed by atoms with van der Waals surface area (Å²) in [6.45, 7) is 3.43. The van der Waals surface area contributed by atoms with E-state index < -0.39 is 0 Å². The number of nitrogens with one attached hydrogen (secondary N) is 2. The zero-order valence-electron chi connectivity index (χ0n) is 18.1. The highest BCUT2D eigenvalue weighted by atomic mass is 32.1. The van der Waals surface area contributed by atoms with Crippen LogP contribution in [0.25, 0.3) is 22.6 Å². The highest BCUT2D eigenvalue weighted by Crippen LogP contribution is 2.26. The maximum atomic E-state index is 12.3. The molecule has 3 aromatic heterocycles. The Morgan fingerprint density at radius 2 is 1.94 bits per heavy atom. The number of rotatable bonds is 8. The van der Waals surface area contributed by atoms with Crippen molar-refractivity contribution in [1.29, 1.82) is 0 Å². The predicted octanol–water partition coefficient (Wildman–Crippen LogP) is 4.02.